The number of benzene rings is 1. The van der Waals surface area contributed by atoms with Crippen molar-refractivity contribution in [3.05, 3.63) is 29.6 Å². The van der Waals surface area contributed by atoms with Crippen LogP contribution in [-0.2, 0) is 14.8 Å². The van der Waals surface area contributed by atoms with Crippen LogP contribution in [0.1, 0.15) is 31.2 Å². The van der Waals surface area contributed by atoms with Gasteiger partial charge in [0.15, 0.2) is 0 Å². The van der Waals surface area contributed by atoms with Crippen molar-refractivity contribution in [1.82, 2.24) is 9.62 Å². The molecule has 0 radical (unpaired) electrons. The predicted octanol–water partition coefficient (Wildman–Crippen LogP) is 1.81. The van der Waals surface area contributed by atoms with Crippen molar-refractivity contribution < 1.29 is 17.6 Å². The highest BCUT2D eigenvalue weighted by molar-refractivity contribution is 7.89. The molecule has 0 spiro atoms. The van der Waals surface area contributed by atoms with E-state index in [9.17, 15) is 17.6 Å². The number of aryl methyl sites for hydroxylation is 1. The zero-order valence-corrected chi connectivity index (χ0v) is 13.9. The minimum atomic E-state index is -3.89. The quantitative estimate of drug-likeness (QED) is 0.909. The third-order valence-electron chi connectivity index (χ3n) is 4.49. The maximum atomic E-state index is 13.9. The van der Waals surface area contributed by atoms with Crippen molar-refractivity contribution in [3.63, 3.8) is 0 Å². The van der Waals surface area contributed by atoms with E-state index in [4.69, 9.17) is 0 Å². The molecule has 1 aromatic carbocycles. The normalized spacial score (nSPS) is 19.8. The van der Waals surface area contributed by atoms with E-state index in [-0.39, 0.29) is 22.8 Å². The molecule has 1 aliphatic carbocycles. The summed E-state index contributed by atoms with van der Waals surface area (Å²) in [4.78, 5) is 13.5. The Morgan fingerprint density at radius 3 is 2.43 bits per heavy atom. The SMILES string of the molecule is Cc1cccc(F)c1S(=O)(=O)NC1CCN(C(=O)C2CC2)CC1. The number of halogens is 1. The minimum Gasteiger partial charge on any atom is -0.342 e. The predicted molar refractivity (Wildman–Crippen MR) is 83.8 cm³/mol. The van der Waals surface area contributed by atoms with Gasteiger partial charge < -0.3 is 4.90 Å². The standard InChI is InChI=1S/C16H21FN2O3S/c1-11-3-2-4-14(17)15(11)23(21,22)18-13-7-9-19(10-8-13)16(20)12-5-6-12/h2-4,12-13,18H,5-10H2,1H3. The van der Waals surface area contributed by atoms with Gasteiger partial charge in [-0.2, -0.15) is 0 Å². The molecule has 1 heterocycles. The van der Waals surface area contributed by atoms with Crippen molar-refractivity contribution in [2.45, 2.75) is 43.5 Å². The van der Waals surface area contributed by atoms with Gasteiger partial charge in [0, 0.05) is 25.0 Å². The first-order valence-electron chi connectivity index (χ1n) is 7.95. The van der Waals surface area contributed by atoms with Gasteiger partial charge in [0.2, 0.25) is 15.9 Å². The number of likely N-dealkylation sites (tertiary alicyclic amines) is 1. The Morgan fingerprint density at radius 2 is 1.87 bits per heavy atom. The molecule has 2 fully saturated rings. The van der Waals surface area contributed by atoms with Crippen LogP contribution in [0.25, 0.3) is 0 Å². The van der Waals surface area contributed by atoms with Crippen LogP contribution < -0.4 is 4.72 Å². The monoisotopic (exact) mass is 340 g/mol. The van der Waals surface area contributed by atoms with Crippen molar-refractivity contribution in [2.24, 2.45) is 5.92 Å². The highest BCUT2D eigenvalue weighted by Gasteiger charge is 2.35. The Morgan fingerprint density at radius 1 is 1.22 bits per heavy atom. The summed E-state index contributed by atoms with van der Waals surface area (Å²) >= 11 is 0. The minimum absolute atomic E-state index is 0.185. The Hall–Kier alpha value is -1.47. The highest BCUT2D eigenvalue weighted by atomic mass is 32.2. The number of nitrogens with one attached hydrogen (secondary N) is 1. The zero-order chi connectivity index (χ0) is 16.6. The Balaban J connectivity index is 1.64. The summed E-state index contributed by atoms with van der Waals surface area (Å²) in [5, 5.41) is 0. The highest BCUT2D eigenvalue weighted by Crippen LogP contribution is 2.32. The molecule has 126 valence electrons. The second-order valence-corrected chi connectivity index (χ2v) is 8.03. The number of carbonyl (C=O) groups excluding carboxylic acids is 1. The fraction of sp³-hybridized carbons (Fsp3) is 0.562. The van der Waals surface area contributed by atoms with E-state index in [1.165, 1.54) is 6.07 Å². The number of piperidine rings is 1. The molecule has 1 saturated heterocycles. The van der Waals surface area contributed by atoms with Gasteiger partial charge in [0.25, 0.3) is 0 Å². The molecule has 7 heteroatoms. The van der Waals surface area contributed by atoms with E-state index in [2.05, 4.69) is 4.72 Å². The summed E-state index contributed by atoms with van der Waals surface area (Å²) in [6, 6.07) is 3.96. The van der Waals surface area contributed by atoms with E-state index in [0.717, 1.165) is 18.9 Å². The van der Waals surface area contributed by atoms with Gasteiger partial charge in [-0.15, -0.1) is 0 Å². The molecular weight excluding hydrogens is 319 g/mol. The van der Waals surface area contributed by atoms with Gasteiger partial charge in [0.05, 0.1) is 0 Å². The van der Waals surface area contributed by atoms with E-state index in [1.807, 2.05) is 4.90 Å². The van der Waals surface area contributed by atoms with Gasteiger partial charge >= 0.3 is 0 Å². The number of nitrogens with zero attached hydrogens (tertiary/aromatic N) is 1. The summed E-state index contributed by atoms with van der Waals surface area (Å²) < 4.78 is 41.4. The molecule has 1 N–H and O–H groups in total. The van der Waals surface area contributed by atoms with Crippen molar-refractivity contribution in [1.29, 1.82) is 0 Å². The number of hydrogen-bond acceptors (Lipinski definition) is 3. The van der Waals surface area contributed by atoms with Crippen LogP contribution in [0.2, 0.25) is 0 Å². The average Bonchev–Trinajstić information content (AvgIpc) is 3.31. The van der Waals surface area contributed by atoms with Crippen LogP contribution in [0, 0.1) is 18.7 Å². The third kappa shape index (κ3) is 3.55. The molecule has 0 unspecified atom stereocenters. The largest absolute Gasteiger partial charge is 0.342 e. The summed E-state index contributed by atoms with van der Waals surface area (Å²) in [6.07, 6.45) is 3.06. The number of carbonyl (C=O) groups is 1. The summed E-state index contributed by atoms with van der Waals surface area (Å²) in [6.45, 7) is 2.69. The van der Waals surface area contributed by atoms with E-state index in [0.29, 0.717) is 31.5 Å². The van der Waals surface area contributed by atoms with Crippen LogP contribution in [0.4, 0.5) is 4.39 Å². The molecule has 5 nitrogen and oxygen atoms in total. The van der Waals surface area contributed by atoms with Crippen molar-refractivity contribution in [2.75, 3.05) is 13.1 Å². The van der Waals surface area contributed by atoms with Crippen molar-refractivity contribution >= 4 is 15.9 Å². The number of hydrogen-bond donors (Lipinski definition) is 1. The molecule has 0 aromatic heterocycles. The molecule has 3 rings (SSSR count). The lowest BCUT2D eigenvalue weighted by atomic mass is 10.1. The second-order valence-electron chi connectivity index (χ2n) is 6.38. The van der Waals surface area contributed by atoms with Crippen LogP contribution >= 0.6 is 0 Å². The van der Waals surface area contributed by atoms with Crippen LogP contribution in [0.15, 0.2) is 23.1 Å². The number of rotatable bonds is 4. The van der Waals surface area contributed by atoms with Gasteiger partial charge in [-0.3, -0.25) is 4.79 Å². The topological polar surface area (TPSA) is 66.5 Å². The summed E-state index contributed by atoms with van der Waals surface area (Å²) in [7, 11) is -3.89. The van der Waals surface area contributed by atoms with Crippen LogP contribution in [-0.4, -0.2) is 38.4 Å². The molecule has 0 atom stereocenters. The lowest BCUT2D eigenvalue weighted by Gasteiger charge is -2.32. The fourth-order valence-electron chi connectivity index (χ4n) is 3.04. The second kappa shape index (κ2) is 6.20. The first-order chi connectivity index (χ1) is 10.9. The summed E-state index contributed by atoms with van der Waals surface area (Å²) in [5.41, 5.74) is 0.388. The van der Waals surface area contributed by atoms with Gasteiger partial charge in [0.1, 0.15) is 10.7 Å². The van der Waals surface area contributed by atoms with Gasteiger partial charge in [-0.1, -0.05) is 12.1 Å². The zero-order valence-electron chi connectivity index (χ0n) is 13.1. The number of sulfonamides is 1. The Bertz CT molecular complexity index is 688. The van der Waals surface area contributed by atoms with Gasteiger partial charge in [-0.05, 0) is 44.2 Å². The molecular formula is C16H21FN2O3S. The molecule has 23 heavy (non-hydrogen) atoms. The average molecular weight is 340 g/mol. The summed E-state index contributed by atoms with van der Waals surface area (Å²) in [5.74, 6) is -0.362. The maximum Gasteiger partial charge on any atom is 0.243 e. The molecule has 1 aromatic rings. The van der Waals surface area contributed by atoms with E-state index < -0.39 is 15.8 Å². The van der Waals surface area contributed by atoms with Crippen LogP contribution in [0.5, 0.6) is 0 Å². The molecule has 1 amide bonds. The lowest BCUT2D eigenvalue weighted by molar-refractivity contribution is -0.133. The smallest absolute Gasteiger partial charge is 0.243 e. The maximum absolute atomic E-state index is 13.9. The molecule has 2 aliphatic rings. The van der Waals surface area contributed by atoms with E-state index >= 15 is 0 Å². The molecule has 1 aliphatic heterocycles. The lowest BCUT2D eigenvalue weighted by Crippen LogP contribution is -2.47. The van der Waals surface area contributed by atoms with Crippen LogP contribution in [0.3, 0.4) is 0 Å². The van der Waals surface area contributed by atoms with Gasteiger partial charge in [-0.25, -0.2) is 17.5 Å². The molecule has 0 bridgehead atoms. The Labute approximate surface area is 135 Å². The Kier molecular flexibility index (Phi) is 4.42. The molecule has 1 saturated carbocycles. The number of amides is 1. The first-order valence-corrected chi connectivity index (χ1v) is 9.43. The fourth-order valence-corrected chi connectivity index (χ4v) is 4.65. The first kappa shape index (κ1) is 16.4. The third-order valence-corrected chi connectivity index (χ3v) is 6.19. The van der Waals surface area contributed by atoms with E-state index in [1.54, 1.807) is 13.0 Å². The van der Waals surface area contributed by atoms with Crippen molar-refractivity contribution in [3.8, 4) is 0 Å².